The number of benzene rings is 1. The maximum atomic E-state index is 5.73. The lowest BCUT2D eigenvalue weighted by atomic mass is 10.1. The van der Waals surface area contributed by atoms with Crippen molar-refractivity contribution in [3.05, 3.63) is 48.3 Å². The third-order valence-electron chi connectivity index (χ3n) is 5.32. The Hall–Kier alpha value is -3.37. The number of nitrogen functional groups attached to an aromatic ring is 1. The van der Waals surface area contributed by atoms with Gasteiger partial charge in [-0.25, -0.2) is 15.0 Å². The van der Waals surface area contributed by atoms with E-state index >= 15 is 0 Å². The fourth-order valence-electron chi connectivity index (χ4n) is 3.76. The molecular weight excluding hydrogens is 412 g/mol. The Balaban J connectivity index is 1.54. The van der Waals surface area contributed by atoms with Crippen LogP contribution < -0.4 is 20.9 Å². The summed E-state index contributed by atoms with van der Waals surface area (Å²) < 4.78 is 5.50. The molecule has 9 nitrogen and oxygen atoms in total. The van der Waals surface area contributed by atoms with Crippen LogP contribution in [0.4, 0.5) is 23.4 Å². The molecule has 3 N–H and O–H groups in total. The number of fused-ring (bicyclic) bond motifs is 1. The van der Waals surface area contributed by atoms with E-state index in [-0.39, 0.29) is 5.95 Å². The monoisotopic (exact) mass is 434 g/mol. The van der Waals surface area contributed by atoms with Crippen molar-refractivity contribution < 1.29 is 4.74 Å². The van der Waals surface area contributed by atoms with E-state index in [0.29, 0.717) is 24.3 Å². The molecule has 0 atom stereocenters. The summed E-state index contributed by atoms with van der Waals surface area (Å²) in [6.07, 6.45) is 4.18. The molecule has 0 saturated carbocycles. The molecule has 2 aliphatic heterocycles. The molecule has 0 bridgehead atoms. The van der Waals surface area contributed by atoms with Gasteiger partial charge in [-0.15, -0.1) is 0 Å². The number of ether oxygens (including phenoxy) is 1. The van der Waals surface area contributed by atoms with Crippen molar-refractivity contribution in [3.63, 3.8) is 0 Å². The van der Waals surface area contributed by atoms with E-state index < -0.39 is 0 Å². The van der Waals surface area contributed by atoms with Crippen molar-refractivity contribution in [2.45, 2.75) is 6.42 Å². The highest BCUT2D eigenvalue weighted by Gasteiger charge is 2.30. The maximum absolute atomic E-state index is 5.73. The zero-order valence-corrected chi connectivity index (χ0v) is 17.7. The summed E-state index contributed by atoms with van der Waals surface area (Å²) in [5.41, 5.74) is 9.29. The lowest BCUT2D eigenvalue weighted by Crippen LogP contribution is -2.38. The molecule has 2 aliphatic rings. The topological polar surface area (TPSA) is 105 Å². The van der Waals surface area contributed by atoms with Crippen LogP contribution in [0.25, 0.3) is 11.3 Å². The lowest BCUT2D eigenvalue weighted by Gasteiger charge is -2.28. The molecule has 0 aliphatic carbocycles. The summed E-state index contributed by atoms with van der Waals surface area (Å²) in [7, 11) is 0. The van der Waals surface area contributed by atoms with Gasteiger partial charge < -0.3 is 25.6 Å². The summed E-state index contributed by atoms with van der Waals surface area (Å²) in [5.74, 6) is 1.71. The molecule has 1 saturated heterocycles. The zero-order valence-electron chi connectivity index (χ0n) is 16.9. The Kier molecular flexibility index (Phi) is 5.31. The number of anilines is 4. The van der Waals surface area contributed by atoms with Gasteiger partial charge in [0.05, 0.1) is 18.9 Å². The number of aromatic nitrogens is 4. The SMILES string of the molecule is Nc1ncc(-c2nc(N3CCOCC3)nc3c2CCN3C(=S)Nc2ccccc2)cn1. The van der Waals surface area contributed by atoms with E-state index in [1.165, 1.54) is 0 Å². The Morgan fingerprint density at radius 3 is 2.52 bits per heavy atom. The fourth-order valence-corrected chi connectivity index (χ4v) is 4.05. The van der Waals surface area contributed by atoms with Gasteiger partial charge >= 0.3 is 0 Å². The van der Waals surface area contributed by atoms with Crippen molar-refractivity contribution in [2.24, 2.45) is 0 Å². The molecule has 0 spiro atoms. The molecule has 3 aromatic rings. The molecule has 5 rings (SSSR count). The van der Waals surface area contributed by atoms with Crippen LogP contribution in [-0.4, -0.2) is 57.9 Å². The number of rotatable bonds is 3. The smallest absolute Gasteiger partial charge is 0.228 e. The van der Waals surface area contributed by atoms with E-state index in [9.17, 15) is 0 Å². The molecule has 10 heteroatoms. The molecule has 0 radical (unpaired) electrons. The van der Waals surface area contributed by atoms with Crippen LogP contribution in [-0.2, 0) is 11.2 Å². The second-order valence-electron chi connectivity index (χ2n) is 7.30. The van der Waals surface area contributed by atoms with Gasteiger partial charge in [0.15, 0.2) is 5.11 Å². The van der Waals surface area contributed by atoms with Crippen LogP contribution in [0.3, 0.4) is 0 Å². The Bertz CT molecular complexity index is 1090. The van der Waals surface area contributed by atoms with E-state index in [2.05, 4.69) is 20.2 Å². The highest BCUT2D eigenvalue weighted by Crippen LogP contribution is 2.35. The van der Waals surface area contributed by atoms with Crippen LogP contribution in [0, 0.1) is 0 Å². The Labute approximate surface area is 185 Å². The first-order valence-corrected chi connectivity index (χ1v) is 10.5. The summed E-state index contributed by atoms with van der Waals surface area (Å²) in [5, 5.41) is 3.92. The van der Waals surface area contributed by atoms with Crippen molar-refractivity contribution >= 4 is 40.7 Å². The van der Waals surface area contributed by atoms with Gasteiger partial charge in [-0.05, 0) is 30.8 Å². The molecular formula is C21H22N8OS. The summed E-state index contributed by atoms with van der Waals surface area (Å²) in [6.45, 7) is 3.50. The van der Waals surface area contributed by atoms with Crippen molar-refractivity contribution in [1.82, 2.24) is 19.9 Å². The second kappa shape index (κ2) is 8.40. The van der Waals surface area contributed by atoms with Gasteiger partial charge in [0.2, 0.25) is 11.9 Å². The minimum Gasteiger partial charge on any atom is -0.378 e. The van der Waals surface area contributed by atoms with Gasteiger partial charge in [0.1, 0.15) is 5.82 Å². The van der Waals surface area contributed by atoms with Crippen LogP contribution in [0.1, 0.15) is 5.56 Å². The first kappa shape index (κ1) is 19.6. The van der Waals surface area contributed by atoms with Gasteiger partial charge in [-0.1, -0.05) is 18.2 Å². The van der Waals surface area contributed by atoms with Crippen LogP contribution >= 0.6 is 12.2 Å². The minimum absolute atomic E-state index is 0.234. The van der Waals surface area contributed by atoms with E-state index in [0.717, 1.165) is 54.4 Å². The number of nitrogens with one attached hydrogen (secondary N) is 1. The largest absolute Gasteiger partial charge is 0.378 e. The lowest BCUT2D eigenvalue weighted by molar-refractivity contribution is 0.122. The van der Waals surface area contributed by atoms with Gasteiger partial charge in [-0.2, -0.15) is 4.98 Å². The van der Waals surface area contributed by atoms with Crippen molar-refractivity contribution in [2.75, 3.05) is 53.7 Å². The molecule has 0 amide bonds. The molecule has 158 valence electrons. The van der Waals surface area contributed by atoms with Crippen molar-refractivity contribution in [3.8, 4) is 11.3 Å². The third kappa shape index (κ3) is 3.99. The Morgan fingerprint density at radius 1 is 1.03 bits per heavy atom. The van der Waals surface area contributed by atoms with Crippen LogP contribution in [0.5, 0.6) is 0 Å². The standard InChI is InChI=1S/C21H22N8OS/c22-19-23-12-14(13-24-19)17-16-6-7-29(21(31)25-15-4-2-1-3-5-15)18(16)27-20(26-17)28-8-10-30-11-9-28/h1-5,12-13H,6-11H2,(H,25,31)(H2,22,23,24). The predicted octanol–water partition coefficient (Wildman–Crippen LogP) is 2.11. The quantitative estimate of drug-likeness (QED) is 0.596. The second-order valence-corrected chi connectivity index (χ2v) is 7.69. The molecule has 1 aromatic carbocycles. The van der Waals surface area contributed by atoms with Crippen molar-refractivity contribution in [1.29, 1.82) is 0 Å². The normalized spacial score (nSPS) is 15.6. The molecule has 4 heterocycles. The molecule has 0 unspecified atom stereocenters. The zero-order chi connectivity index (χ0) is 21.2. The first-order valence-electron chi connectivity index (χ1n) is 10.1. The highest BCUT2D eigenvalue weighted by molar-refractivity contribution is 7.80. The fraction of sp³-hybridized carbons (Fsp3) is 0.286. The third-order valence-corrected chi connectivity index (χ3v) is 5.65. The Morgan fingerprint density at radius 2 is 1.77 bits per heavy atom. The molecule has 2 aromatic heterocycles. The predicted molar refractivity (Wildman–Crippen MR) is 124 cm³/mol. The van der Waals surface area contributed by atoms with E-state index in [1.54, 1.807) is 12.4 Å². The van der Waals surface area contributed by atoms with E-state index in [1.807, 2.05) is 35.2 Å². The number of nitrogens with zero attached hydrogens (tertiary/aromatic N) is 6. The minimum atomic E-state index is 0.234. The molecule has 31 heavy (non-hydrogen) atoms. The number of hydrogen-bond donors (Lipinski definition) is 2. The summed E-state index contributed by atoms with van der Waals surface area (Å²) >= 11 is 5.73. The summed E-state index contributed by atoms with van der Waals surface area (Å²) in [4.78, 5) is 22.3. The summed E-state index contributed by atoms with van der Waals surface area (Å²) in [6, 6.07) is 9.89. The first-order chi connectivity index (χ1) is 15.2. The average Bonchev–Trinajstić information content (AvgIpc) is 3.24. The van der Waals surface area contributed by atoms with Gasteiger partial charge in [-0.3, -0.25) is 0 Å². The van der Waals surface area contributed by atoms with Gasteiger partial charge in [0, 0.05) is 48.8 Å². The number of hydrogen-bond acceptors (Lipinski definition) is 8. The van der Waals surface area contributed by atoms with Crippen LogP contribution in [0.15, 0.2) is 42.7 Å². The number of thiocarbonyl (C=S) groups is 1. The number of morpholine rings is 1. The number of nitrogens with two attached hydrogens (primary N) is 1. The maximum Gasteiger partial charge on any atom is 0.228 e. The van der Waals surface area contributed by atoms with E-state index in [4.69, 9.17) is 32.7 Å². The molecule has 1 fully saturated rings. The number of para-hydroxylation sites is 1. The average molecular weight is 435 g/mol. The highest BCUT2D eigenvalue weighted by atomic mass is 32.1. The van der Waals surface area contributed by atoms with Gasteiger partial charge in [0.25, 0.3) is 0 Å². The van der Waals surface area contributed by atoms with Crippen LogP contribution in [0.2, 0.25) is 0 Å².